The second-order valence-electron chi connectivity index (χ2n) is 6.47. The van der Waals surface area contributed by atoms with Gasteiger partial charge in [-0.3, -0.25) is 15.4 Å². The summed E-state index contributed by atoms with van der Waals surface area (Å²) in [7, 11) is 0. The maximum atomic E-state index is 11.8. The molecule has 0 bridgehead atoms. The first kappa shape index (κ1) is 18.9. The third-order valence-electron chi connectivity index (χ3n) is 3.28. The van der Waals surface area contributed by atoms with E-state index in [1.807, 2.05) is 0 Å². The monoisotopic (exact) mass is 358 g/mol. The standard InChI is InChI=1S/C18H18N2O6/c1-18(2,3)26-17(23)19-14(16(21)22)10-12-9-8-11-6-4-5-7-13(11)15(12)20(24)25/h4-10H,1-3H3,(H,19,23)(H,21,22)/b14-10+. The molecule has 0 radical (unpaired) electrons. The summed E-state index contributed by atoms with van der Waals surface area (Å²) in [5.41, 5.74) is -1.53. The number of alkyl carbamates (subject to hydrolysis) is 1. The number of rotatable bonds is 4. The van der Waals surface area contributed by atoms with E-state index in [9.17, 15) is 24.8 Å². The molecule has 2 aromatic rings. The molecule has 0 aliphatic heterocycles. The van der Waals surface area contributed by atoms with Crippen molar-refractivity contribution in [1.29, 1.82) is 0 Å². The number of carbonyl (C=O) groups excluding carboxylic acids is 1. The smallest absolute Gasteiger partial charge is 0.412 e. The highest BCUT2D eigenvalue weighted by molar-refractivity contribution is 5.99. The van der Waals surface area contributed by atoms with E-state index in [4.69, 9.17) is 4.74 Å². The Kier molecular flexibility index (Phi) is 5.25. The molecule has 136 valence electrons. The summed E-state index contributed by atoms with van der Waals surface area (Å²) in [6.07, 6.45) is 0.0752. The topological polar surface area (TPSA) is 119 Å². The first-order valence-corrected chi connectivity index (χ1v) is 7.69. The van der Waals surface area contributed by atoms with Crippen LogP contribution in [0.1, 0.15) is 26.3 Å². The van der Waals surface area contributed by atoms with Crippen molar-refractivity contribution in [3.8, 4) is 0 Å². The number of hydrogen-bond acceptors (Lipinski definition) is 5. The summed E-state index contributed by atoms with van der Waals surface area (Å²) in [4.78, 5) is 34.2. The molecular weight excluding hydrogens is 340 g/mol. The molecule has 1 amide bonds. The Morgan fingerprint density at radius 2 is 1.85 bits per heavy atom. The minimum atomic E-state index is -1.45. The Bertz CT molecular complexity index is 912. The van der Waals surface area contributed by atoms with Gasteiger partial charge in [0.15, 0.2) is 0 Å². The Labute approximate surface area is 149 Å². The van der Waals surface area contributed by atoms with Crippen molar-refractivity contribution >= 4 is 34.6 Å². The van der Waals surface area contributed by atoms with E-state index in [-0.39, 0.29) is 11.3 Å². The van der Waals surface area contributed by atoms with E-state index in [0.29, 0.717) is 10.8 Å². The second kappa shape index (κ2) is 7.22. The molecule has 8 nitrogen and oxygen atoms in total. The van der Waals surface area contributed by atoms with Gasteiger partial charge in [0.05, 0.1) is 15.9 Å². The summed E-state index contributed by atoms with van der Waals surface area (Å²) in [5.74, 6) is -1.45. The molecule has 8 heteroatoms. The summed E-state index contributed by atoms with van der Waals surface area (Å²) < 4.78 is 5.02. The molecule has 0 fully saturated rings. The van der Waals surface area contributed by atoms with Crippen LogP contribution in [0.3, 0.4) is 0 Å². The van der Waals surface area contributed by atoms with Crippen LogP contribution in [0.2, 0.25) is 0 Å². The predicted octanol–water partition coefficient (Wildman–Crippen LogP) is 3.70. The Morgan fingerprint density at radius 3 is 2.42 bits per heavy atom. The lowest BCUT2D eigenvalue weighted by molar-refractivity contribution is -0.383. The molecule has 0 saturated heterocycles. The number of aliphatic carboxylic acids is 1. The molecule has 2 aromatic carbocycles. The van der Waals surface area contributed by atoms with Crippen LogP contribution in [-0.4, -0.2) is 27.7 Å². The molecule has 0 aliphatic carbocycles. The van der Waals surface area contributed by atoms with Gasteiger partial charge in [0, 0.05) is 0 Å². The lowest BCUT2D eigenvalue weighted by atomic mass is 10.0. The number of carboxylic acids is 1. The number of amides is 1. The maximum Gasteiger partial charge on any atom is 0.412 e. The number of nitrogens with zero attached hydrogens (tertiary/aromatic N) is 1. The van der Waals surface area contributed by atoms with Gasteiger partial charge in [-0.15, -0.1) is 0 Å². The lowest BCUT2D eigenvalue weighted by Crippen LogP contribution is -2.34. The number of ether oxygens (including phenoxy) is 1. The predicted molar refractivity (Wildman–Crippen MR) is 95.6 cm³/mol. The maximum absolute atomic E-state index is 11.8. The highest BCUT2D eigenvalue weighted by atomic mass is 16.6. The number of carbonyl (C=O) groups is 2. The number of nitrogens with one attached hydrogen (secondary N) is 1. The van der Waals surface area contributed by atoms with Gasteiger partial charge in [0.1, 0.15) is 11.3 Å². The normalized spacial score (nSPS) is 11.9. The second-order valence-corrected chi connectivity index (χ2v) is 6.47. The zero-order valence-corrected chi connectivity index (χ0v) is 14.5. The van der Waals surface area contributed by atoms with Crippen LogP contribution < -0.4 is 5.32 Å². The fraction of sp³-hybridized carbons (Fsp3) is 0.222. The fourth-order valence-electron chi connectivity index (χ4n) is 2.31. The van der Waals surface area contributed by atoms with Crippen LogP contribution in [0, 0.1) is 10.1 Å². The van der Waals surface area contributed by atoms with E-state index in [2.05, 4.69) is 5.32 Å². The van der Waals surface area contributed by atoms with Crippen molar-refractivity contribution in [3.63, 3.8) is 0 Å². The Hall–Kier alpha value is -3.42. The fourth-order valence-corrected chi connectivity index (χ4v) is 2.31. The first-order valence-electron chi connectivity index (χ1n) is 7.69. The molecule has 2 rings (SSSR count). The van der Waals surface area contributed by atoms with Crippen molar-refractivity contribution in [2.45, 2.75) is 26.4 Å². The molecule has 0 aromatic heterocycles. The third kappa shape index (κ3) is 4.56. The molecule has 0 unspecified atom stereocenters. The van der Waals surface area contributed by atoms with Crippen molar-refractivity contribution in [1.82, 2.24) is 5.32 Å². The largest absolute Gasteiger partial charge is 0.477 e. The van der Waals surface area contributed by atoms with Gasteiger partial charge in [0.25, 0.3) is 5.69 Å². The van der Waals surface area contributed by atoms with Crippen LogP contribution in [0.5, 0.6) is 0 Å². The molecule has 0 atom stereocenters. The van der Waals surface area contributed by atoms with Gasteiger partial charge < -0.3 is 9.84 Å². The molecule has 0 heterocycles. The Balaban J connectivity index is 2.50. The Morgan fingerprint density at radius 1 is 1.19 bits per heavy atom. The van der Waals surface area contributed by atoms with Crippen molar-refractivity contribution < 1.29 is 24.4 Å². The zero-order valence-electron chi connectivity index (χ0n) is 14.5. The van der Waals surface area contributed by atoms with E-state index in [0.717, 1.165) is 6.08 Å². The van der Waals surface area contributed by atoms with E-state index in [1.54, 1.807) is 51.1 Å². The first-order chi connectivity index (χ1) is 12.1. The summed E-state index contributed by atoms with van der Waals surface area (Å²) in [6, 6.07) is 9.76. The number of benzene rings is 2. The van der Waals surface area contributed by atoms with Gasteiger partial charge in [-0.25, -0.2) is 9.59 Å². The molecule has 0 spiro atoms. The van der Waals surface area contributed by atoms with Gasteiger partial charge in [-0.1, -0.05) is 24.3 Å². The van der Waals surface area contributed by atoms with Crippen molar-refractivity contribution in [2.75, 3.05) is 0 Å². The average molecular weight is 358 g/mol. The van der Waals surface area contributed by atoms with Gasteiger partial charge >= 0.3 is 12.1 Å². The van der Waals surface area contributed by atoms with Crippen LogP contribution in [0.4, 0.5) is 10.5 Å². The number of nitro groups is 1. The van der Waals surface area contributed by atoms with Gasteiger partial charge in [-0.2, -0.15) is 0 Å². The van der Waals surface area contributed by atoms with Gasteiger partial charge in [0.2, 0.25) is 0 Å². The third-order valence-corrected chi connectivity index (χ3v) is 3.28. The van der Waals surface area contributed by atoms with Crippen molar-refractivity contribution in [2.24, 2.45) is 0 Å². The minimum absolute atomic E-state index is 0.0576. The van der Waals surface area contributed by atoms with E-state index in [1.165, 1.54) is 6.07 Å². The minimum Gasteiger partial charge on any atom is -0.477 e. The van der Waals surface area contributed by atoms with E-state index < -0.39 is 28.3 Å². The van der Waals surface area contributed by atoms with E-state index >= 15 is 0 Å². The summed E-state index contributed by atoms with van der Waals surface area (Å²) >= 11 is 0. The van der Waals surface area contributed by atoms with Crippen LogP contribution >= 0.6 is 0 Å². The highest BCUT2D eigenvalue weighted by Gasteiger charge is 2.22. The molecule has 2 N–H and O–H groups in total. The average Bonchev–Trinajstić information content (AvgIpc) is 2.51. The quantitative estimate of drug-likeness (QED) is 0.489. The summed E-state index contributed by atoms with van der Waals surface area (Å²) in [5, 5.41) is 24.0. The number of hydrogen-bond donors (Lipinski definition) is 2. The molecule has 0 saturated carbocycles. The summed E-state index contributed by atoms with van der Waals surface area (Å²) in [6.45, 7) is 4.89. The van der Waals surface area contributed by atoms with Gasteiger partial charge in [-0.05, 0) is 44.4 Å². The number of nitro benzene ring substituents is 1. The van der Waals surface area contributed by atoms with Crippen LogP contribution in [0.25, 0.3) is 16.8 Å². The lowest BCUT2D eigenvalue weighted by Gasteiger charge is -2.19. The molecule has 26 heavy (non-hydrogen) atoms. The van der Waals surface area contributed by atoms with Crippen LogP contribution in [0.15, 0.2) is 42.1 Å². The van der Waals surface area contributed by atoms with Crippen LogP contribution in [-0.2, 0) is 9.53 Å². The number of carboxylic acid groups (broad SMARTS) is 1. The highest BCUT2D eigenvalue weighted by Crippen LogP contribution is 2.30. The number of fused-ring (bicyclic) bond motifs is 1. The molecular formula is C18H18N2O6. The zero-order chi connectivity index (χ0) is 19.5. The van der Waals surface area contributed by atoms with Crippen molar-refractivity contribution in [3.05, 3.63) is 57.8 Å². The molecule has 0 aliphatic rings. The SMILES string of the molecule is CC(C)(C)OC(=O)N/C(=C/c1ccc2ccccc2c1[N+](=O)[O-])C(=O)O.